The van der Waals surface area contributed by atoms with Gasteiger partial charge in [-0.05, 0) is 23.2 Å². The Labute approximate surface area is 150 Å². The predicted octanol–water partition coefficient (Wildman–Crippen LogP) is 5.22. The van der Waals surface area contributed by atoms with Crippen molar-refractivity contribution in [3.05, 3.63) is 72.4 Å². The van der Waals surface area contributed by atoms with E-state index in [2.05, 4.69) is 54.2 Å². The molecule has 3 nitrogen and oxygen atoms in total. The minimum absolute atomic E-state index is 0.0504. The number of amides is 1. The molecule has 1 aromatic heterocycles. The van der Waals surface area contributed by atoms with Gasteiger partial charge in [0, 0.05) is 18.0 Å². The first kappa shape index (κ1) is 17.4. The molecular formula is C21H24N2OSi. The number of hydrogen-bond donors (Lipinski definition) is 1. The first-order chi connectivity index (χ1) is 11.9. The molecule has 1 amide bonds. The van der Waals surface area contributed by atoms with Crippen molar-refractivity contribution in [1.29, 1.82) is 0 Å². The van der Waals surface area contributed by atoms with E-state index in [1.807, 2.05) is 36.4 Å². The van der Waals surface area contributed by atoms with Gasteiger partial charge in [0.25, 0.3) is 0 Å². The highest BCUT2D eigenvalue weighted by Gasteiger charge is 2.30. The third kappa shape index (κ3) is 4.14. The van der Waals surface area contributed by atoms with Crippen molar-refractivity contribution < 1.29 is 4.79 Å². The number of carbonyl (C=O) groups excluding carboxylic acids is 1. The molecule has 0 saturated heterocycles. The van der Waals surface area contributed by atoms with Crippen LogP contribution >= 0.6 is 0 Å². The second-order valence-electron chi connectivity index (χ2n) is 7.46. The smallest absolute Gasteiger partial charge is 0.224 e. The molecule has 2 aromatic carbocycles. The molecule has 0 saturated carbocycles. The van der Waals surface area contributed by atoms with Gasteiger partial charge in [0.2, 0.25) is 5.91 Å². The maximum Gasteiger partial charge on any atom is 0.224 e. The van der Waals surface area contributed by atoms with Gasteiger partial charge in [-0.1, -0.05) is 68.2 Å². The monoisotopic (exact) mass is 348 g/mol. The first-order valence-electron chi connectivity index (χ1n) is 8.64. The average Bonchev–Trinajstić information content (AvgIpc) is 2.60. The number of nitrogens with one attached hydrogen (secondary N) is 1. The van der Waals surface area contributed by atoms with Crippen LogP contribution in [0.1, 0.15) is 17.5 Å². The maximum absolute atomic E-state index is 12.8. The van der Waals surface area contributed by atoms with Gasteiger partial charge in [0.1, 0.15) is 0 Å². The first-order valence-corrected chi connectivity index (χ1v) is 12.2. The lowest BCUT2D eigenvalue weighted by atomic mass is 10.1. The summed E-state index contributed by atoms with van der Waals surface area (Å²) < 4.78 is 0. The van der Waals surface area contributed by atoms with Crippen LogP contribution in [0, 0.1) is 0 Å². The Morgan fingerprint density at radius 2 is 1.72 bits per heavy atom. The zero-order valence-corrected chi connectivity index (χ0v) is 16.0. The lowest BCUT2D eigenvalue weighted by Crippen LogP contribution is -2.34. The van der Waals surface area contributed by atoms with Gasteiger partial charge in [-0.2, -0.15) is 0 Å². The van der Waals surface area contributed by atoms with Crippen LogP contribution in [0.3, 0.4) is 0 Å². The molecule has 25 heavy (non-hydrogen) atoms. The largest absolute Gasteiger partial charge is 0.324 e. The number of anilines is 1. The van der Waals surface area contributed by atoms with E-state index >= 15 is 0 Å². The number of fused-ring (bicyclic) bond motifs is 1. The average molecular weight is 349 g/mol. The van der Waals surface area contributed by atoms with Crippen LogP contribution in [0.5, 0.6) is 0 Å². The number of pyridine rings is 1. The summed E-state index contributed by atoms with van der Waals surface area (Å²) in [6, 6.07) is 20.2. The fourth-order valence-electron chi connectivity index (χ4n) is 3.20. The van der Waals surface area contributed by atoms with Crippen molar-refractivity contribution in [3.63, 3.8) is 0 Å². The van der Waals surface area contributed by atoms with Crippen molar-refractivity contribution in [2.24, 2.45) is 0 Å². The minimum Gasteiger partial charge on any atom is -0.324 e. The predicted molar refractivity (Wildman–Crippen MR) is 108 cm³/mol. The number of aromatic nitrogens is 1. The Balaban J connectivity index is 1.82. The molecule has 0 aliphatic heterocycles. The van der Waals surface area contributed by atoms with E-state index in [0.29, 0.717) is 6.42 Å². The fourth-order valence-corrected chi connectivity index (χ4v) is 5.19. The van der Waals surface area contributed by atoms with Crippen molar-refractivity contribution >= 4 is 30.6 Å². The normalized spacial score (nSPS) is 12.8. The molecular weight excluding hydrogens is 324 g/mol. The number of para-hydroxylation sites is 1. The van der Waals surface area contributed by atoms with Gasteiger partial charge >= 0.3 is 0 Å². The van der Waals surface area contributed by atoms with E-state index in [4.69, 9.17) is 0 Å². The Hall–Kier alpha value is -2.46. The Morgan fingerprint density at radius 1 is 1.00 bits per heavy atom. The van der Waals surface area contributed by atoms with Crippen molar-refractivity contribution in [3.8, 4) is 0 Å². The summed E-state index contributed by atoms with van der Waals surface area (Å²) in [5.41, 5.74) is 3.16. The minimum atomic E-state index is -1.54. The van der Waals surface area contributed by atoms with Gasteiger partial charge in [-0.3, -0.25) is 9.78 Å². The van der Waals surface area contributed by atoms with E-state index in [-0.39, 0.29) is 11.4 Å². The zero-order chi connectivity index (χ0) is 17.9. The fraction of sp³-hybridized carbons (Fsp3) is 0.238. The molecule has 0 fully saturated rings. The van der Waals surface area contributed by atoms with Crippen LogP contribution in [0.15, 0.2) is 66.9 Å². The summed E-state index contributed by atoms with van der Waals surface area (Å²) in [7, 11) is -1.54. The van der Waals surface area contributed by atoms with E-state index in [1.165, 1.54) is 5.56 Å². The summed E-state index contributed by atoms with van der Waals surface area (Å²) >= 11 is 0. The molecule has 0 spiro atoms. The molecule has 3 rings (SSSR count). The topological polar surface area (TPSA) is 42.0 Å². The summed E-state index contributed by atoms with van der Waals surface area (Å²) in [6.07, 6.45) is 2.26. The third-order valence-corrected chi connectivity index (χ3v) is 7.17. The number of rotatable bonds is 5. The molecule has 1 heterocycles. The standard InChI is InChI=1S/C21H24N2OSi/c1-25(2,3)19(16-9-5-4-6-10-16)15-20(24)23-18-13-7-11-17-12-8-14-22-21(17)18/h4-14,19H,15H2,1-3H3,(H,23,24)/t19-/m1/s1. The number of carbonyl (C=O) groups is 1. The highest BCUT2D eigenvalue weighted by molar-refractivity contribution is 6.77. The molecule has 128 valence electrons. The molecule has 0 unspecified atom stereocenters. The van der Waals surface area contributed by atoms with Crippen LogP contribution in [0.4, 0.5) is 5.69 Å². The SMILES string of the molecule is C[Si](C)(C)[C@H](CC(=O)Nc1cccc2cccnc12)c1ccccc1. The number of hydrogen-bond acceptors (Lipinski definition) is 2. The van der Waals surface area contributed by atoms with E-state index in [1.54, 1.807) is 6.20 Å². The van der Waals surface area contributed by atoms with Gasteiger partial charge in [0.15, 0.2) is 0 Å². The molecule has 1 N–H and O–H groups in total. The van der Waals surface area contributed by atoms with Gasteiger partial charge in [0.05, 0.1) is 19.3 Å². The summed E-state index contributed by atoms with van der Waals surface area (Å²) in [5, 5.41) is 4.11. The van der Waals surface area contributed by atoms with Crippen LogP contribution in [-0.4, -0.2) is 19.0 Å². The Morgan fingerprint density at radius 3 is 2.44 bits per heavy atom. The lowest BCUT2D eigenvalue weighted by molar-refractivity contribution is -0.116. The Bertz CT molecular complexity index is 866. The van der Waals surface area contributed by atoms with E-state index < -0.39 is 8.07 Å². The van der Waals surface area contributed by atoms with E-state index in [0.717, 1.165) is 16.6 Å². The summed E-state index contributed by atoms with van der Waals surface area (Å²) in [5.74, 6) is 0.0504. The number of nitrogens with zero attached hydrogens (tertiary/aromatic N) is 1. The third-order valence-electron chi connectivity index (χ3n) is 4.54. The van der Waals surface area contributed by atoms with Gasteiger partial charge in [-0.25, -0.2) is 0 Å². The van der Waals surface area contributed by atoms with Crippen molar-refractivity contribution in [2.45, 2.75) is 31.6 Å². The lowest BCUT2D eigenvalue weighted by Gasteiger charge is -2.29. The van der Waals surface area contributed by atoms with Crippen molar-refractivity contribution in [1.82, 2.24) is 4.98 Å². The maximum atomic E-state index is 12.8. The number of benzene rings is 2. The van der Waals surface area contributed by atoms with Gasteiger partial charge in [-0.15, -0.1) is 0 Å². The highest BCUT2D eigenvalue weighted by Crippen LogP contribution is 2.31. The van der Waals surface area contributed by atoms with Crippen LogP contribution < -0.4 is 5.32 Å². The zero-order valence-electron chi connectivity index (χ0n) is 15.0. The second kappa shape index (κ2) is 7.19. The second-order valence-corrected chi connectivity index (χ2v) is 12.9. The van der Waals surface area contributed by atoms with Crippen LogP contribution in [0.25, 0.3) is 10.9 Å². The molecule has 3 aromatic rings. The summed E-state index contributed by atoms with van der Waals surface area (Å²) in [6.45, 7) is 6.95. The van der Waals surface area contributed by atoms with E-state index in [9.17, 15) is 4.79 Å². The van der Waals surface area contributed by atoms with Crippen molar-refractivity contribution in [2.75, 3.05) is 5.32 Å². The molecule has 0 aliphatic rings. The highest BCUT2D eigenvalue weighted by atomic mass is 28.3. The summed E-state index contributed by atoms with van der Waals surface area (Å²) in [4.78, 5) is 17.2. The molecule has 1 atom stereocenters. The molecule has 0 radical (unpaired) electrons. The van der Waals surface area contributed by atoms with Crippen LogP contribution in [-0.2, 0) is 4.79 Å². The van der Waals surface area contributed by atoms with Gasteiger partial charge < -0.3 is 5.32 Å². The van der Waals surface area contributed by atoms with Crippen LogP contribution in [0.2, 0.25) is 19.6 Å². The quantitative estimate of drug-likeness (QED) is 0.642. The Kier molecular flexibility index (Phi) is 5.00. The molecule has 4 heteroatoms. The molecule has 0 bridgehead atoms. The molecule has 0 aliphatic carbocycles.